The standard InChI is InChI=1S/C11H16N2O2/c1-8(11(14)15)5-9-6-12-13(7-9)10-3-2-4-10/h6-8,10H,2-5H2,1H3,(H,14,15). The fourth-order valence-corrected chi connectivity index (χ4v) is 1.77. The first-order valence-corrected chi connectivity index (χ1v) is 5.42. The van der Waals surface area contributed by atoms with Crippen molar-refractivity contribution in [2.24, 2.45) is 5.92 Å². The first-order chi connectivity index (χ1) is 7.16. The third-order valence-corrected chi connectivity index (χ3v) is 3.07. The van der Waals surface area contributed by atoms with Crippen LogP contribution in [0.15, 0.2) is 12.4 Å². The summed E-state index contributed by atoms with van der Waals surface area (Å²) >= 11 is 0. The van der Waals surface area contributed by atoms with E-state index in [1.807, 2.05) is 10.9 Å². The van der Waals surface area contributed by atoms with Crippen LogP contribution in [-0.4, -0.2) is 20.9 Å². The second-order valence-electron chi connectivity index (χ2n) is 4.36. The number of aliphatic carboxylic acids is 1. The molecule has 0 saturated heterocycles. The number of carbonyl (C=O) groups is 1. The van der Waals surface area contributed by atoms with Gasteiger partial charge in [-0.15, -0.1) is 0 Å². The number of carboxylic acids is 1. The van der Waals surface area contributed by atoms with Crippen molar-refractivity contribution >= 4 is 5.97 Å². The molecular weight excluding hydrogens is 192 g/mol. The molecule has 4 nitrogen and oxygen atoms in total. The number of nitrogens with zero attached hydrogens (tertiary/aromatic N) is 2. The molecular formula is C11H16N2O2. The van der Waals surface area contributed by atoms with E-state index < -0.39 is 5.97 Å². The molecule has 2 rings (SSSR count). The molecule has 0 bridgehead atoms. The lowest BCUT2D eigenvalue weighted by molar-refractivity contribution is -0.141. The Morgan fingerprint density at radius 2 is 2.47 bits per heavy atom. The van der Waals surface area contributed by atoms with Gasteiger partial charge in [0.05, 0.1) is 18.2 Å². The van der Waals surface area contributed by atoms with Crippen molar-refractivity contribution in [1.29, 1.82) is 0 Å². The highest BCUT2D eigenvalue weighted by Crippen LogP contribution is 2.30. The topological polar surface area (TPSA) is 55.1 Å². The molecule has 1 atom stereocenters. The summed E-state index contributed by atoms with van der Waals surface area (Å²) < 4.78 is 1.98. The van der Waals surface area contributed by atoms with Gasteiger partial charge >= 0.3 is 5.97 Å². The van der Waals surface area contributed by atoms with E-state index >= 15 is 0 Å². The van der Waals surface area contributed by atoms with Gasteiger partial charge in [-0.25, -0.2) is 0 Å². The monoisotopic (exact) mass is 208 g/mol. The molecule has 15 heavy (non-hydrogen) atoms. The average molecular weight is 208 g/mol. The number of hydrogen-bond acceptors (Lipinski definition) is 2. The van der Waals surface area contributed by atoms with Gasteiger partial charge in [0.25, 0.3) is 0 Å². The average Bonchev–Trinajstić information content (AvgIpc) is 2.49. The molecule has 1 aliphatic rings. The Morgan fingerprint density at radius 1 is 1.73 bits per heavy atom. The van der Waals surface area contributed by atoms with Crippen LogP contribution in [-0.2, 0) is 11.2 Å². The van der Waals surface area contributed by atoms with Gasteiger partial charge in [0.15, 0.2) is 0 Å². The Bertz CT molecular complexity index is 355. The molecule has 1 N–H and O–H groups in total. The zero-order chi connectivity index (χ0) is 10.8. The van der Waals surface area contributed by atoms with Crippen molar-refractivity contribution in [2.45, 2.75) is 38.6 Å². The summed E-state index contributed by atoms with van der Waals surface area (Å²) in [5, 5.41) is 13.1. The maximum absolute atomic E-state index is 10.7. The van der Waals surface area contributed by atoms with Gasteiger partial charge in [-0.05, 0) is 31.2 Å². The van der Waals surface area contributed by atoms with Gasteiger partial charge < -0.3 is 5.11 Å². The Labute approximate surface area is 88.9 Å². The molecule has 82 valence electrons. The fourth-order valence-electron chi connectivity index (χ4n) is 1.77. The zero-order valence-corrected chi connectivity index (χ0v) is 8.89. The van der Waals surface area contributed by atoms with E-state index in [-0.39, 0.29) is 5.92 Å². The highest BCUT2D eigenvalue weighted by atomic mass is 16.4. The highest BCUT2D eigenvalue weighted by Gasteiger charge is 2.20. The summed E-state index contributed by atoms with van der Waals surface area (Å²) in [5.41, 5.74) is 1.02. The molecule has 0 spiro atoms. The minimum absolute atomic E-state index is 0.330. The number of carboxylic acid groups (broad SMARTS) is 1. The second-order valence-corrected chi connectivity index (χ2v) is 4.36. The molecule has 0 radical (unpaired) electrons. The van der Waals surface area contributed by atoms with Crippen molar-refractivity contribution in [1.82, 2.24) is 9.78 Å². The molecule has 1 aromatic heterocycles. The Hall–Kier alpha value is -1.32. The SMILES string of the molecule is CC(Cc1cnn(C2CCC2)c1)C(=O)O. The maximum Gasteiger partial charge on any atom is 0.306 e. The first kappa shape index (κ1) is 10.2. The predicted octanol–water partition coefficient (Wildman–Crippen LogP) is 1.87. The molecule has 0 amide bonds. The Kier molecular flexibility index (Phi) is 2.75. The van der Waals surface area contributed by atoms with Crippen molar-refractivity contribution < 1.29 is 9.90 Å². The van der Waals surface area contributed by atoms with Crippen LogP contribution >= 0.6 is 0 Å². The van der Waals surface area contributed by atoms with Crippen LogP contribution in [0.2, 0.25) is 0 Å². The smallest absolute Gasteiger partial charge is 0.306 e. The zero-order valence-electron chi connectivity index (χ0n) is 8.89. The Balaban J connectivity index is 1.97. The molecule has 1 aromatic rings. The van der Waals surface area contributed by atoms with E-state index in [0.29, 0.717) is 12.5 Å². The van der Waals surface area contributed by atoms with Crippen LogP contribution in [0.1, 0.15) is 37.8 Å². The summed E-state index contributed by atoms with van der Waals surface area (Å²) in [4.78, 5) is 10.7. The molecule has 0 aliphatic heterocycles. The van der Waals surface area contributed by atoms with Gasteiger partial charge in [-0.3, -0.25) is 9.48 Å². The molecule has 1 heterocycles. The molecule has 1 saturated carbocycles. The van der Waals surface area contributed by atoms with Crippen molar-refractivity contribution in [2.75, 3.05) is 0 Å². The fraction of sp³-hybridized carbons (Fsp3) is 0.636. The quantitative estimate of drug-likeness (QED) is 0.821. The van der Waals surface area contributed by atoms with Crippen LogP contribution in [0.3, 0.4) is 0 Å². The van der Waals surface area contributed by atoms with Crippen molar-refractivity contribution in [3.63, 3.8) is 0 Å². The van der Waals surface area contributed by atoms with E-state index in [2.05, 4.69) is 5.10 Å². The van der Waals surface area contributed by atoms with Gasteiger partial charge in [-0.2, -0.15) is 5.10 Å². The van der Waals surface area contributed by atoms with E-state index in [1.165, 1.54) is 19.3 Å². The summed E-state index contributed by atoms with van der Waals surface area (Å²) in [5.74, 6) is -1.07. The van der Waals surface area contributed by atoms with Gasteiger partial charge in [0, 0.05) is 6.20 Å². The van der Waals surface area contributed by atoms with E-state index in [9.17, 15) is 4.79 Å². The number of rotatable bonds is 4. The lowest BCUT2D eigenvalue weighted by atomic mass is 9.93. The minimum Gasteiger partial charge on any atom is -0.481 e. The molecule has 1 aliphatic carbocycles. The van der Waals surface area contributed by atoms with Crippen LogP contribution in [0.25, 0.3) is 0 Å². The number of aromatic nitrogens is 2. The first-order valence-electron chi connectivity index (χ1n) is 5.42. The van der Waals surface area contributed by atoms with Crippen molar-refractivity contribution in [3.05, 3.63) is 18.0 Å². The molecule has 4 heteroatoms. The molecule has 1 fully saturated rings. The lowest BCUT2D eigenvalue weighted by Gasteiger charge is -2.25. The third kappa shape index (κ3) is 2.19. The largest absolute Gasteiger partial charge is 0.481 e. The van der Waals surface area contributed by atoms with E-state index in [4.69, 9.17) is 5.11 Å². The number of hydrogen-bond donors (Lipinski definition) is 1. The molecule has 1 unspecified atom stereocenters. The van der Waals surface area contributed by atoms with Crippen LogP contribution < -0.4 is 0 Å². The van der Waals surface area contributed by atoms with Gasteiger partial charge in [0.2, 0.25) is 0 Å². The van der Waals surface area contributed by atoms with E-state index in [1.54, 1.807) is 13.1 Å². The van der Waals surface area contributed by atoms with E-state index in [0.717, 1.165) is 5.56 Å². The highest BCUT2D eigenvalue weighted by molar-refractivity contribution is 5.69. The summed E-state index contributed by atoms with van der Waals surface area (Å²) in [6.07, 6.45) is 8.04. The lowest BCUT2D eigenvalue weighted by Crippen LogP contribution is -2.17. The molecule has 0 aromatic carbocycles. The summed E-state index contributed by atoms with van der Waals surface area (Å²) in [7, 11) is 0. The van der Waals surface area contributed by atoms with Crippen LogP contribution in [0, 0.1) is 5.92 Å². The minimum atomic E-state index is -0.744. The van der Waals surface area contributed by atoms with Gasteiger partial charge in [0.1, 0.15) is 0 Å². The van der Waals surface area contributed by atoms with Crippen molar-refractivity contribution in [3.8, 4) is 0 Å². The predicted molar refractivity (Wildman–Crippen MR) is 55.6 cm³/mol. The van der Waals surface area contributed by atoms with Gasteiger partial charge in [-0.1, -0.05) is 6.92 Å². The summed E-state index contributed by atoms with van der Waals surface area (Å²) in [6.45, 7) is 1.73. The normalized spacial score (nSPS) is 18.5. The maximum atomic E-state index is 10.7. The van der Waals surface area contributed by atoms with Crippen LogP contribution in [0.4, 0.5) is 0 Å². The Morgan fingerprint density at radius 3 is 3.00 bits per heavy atom. The van der Waals surface area contributed by atoms with Crippen LogP contribution in [0.5, 0.6) is 0 Å². The summed E-state index contributed by atoms with van der Waals surface area (Å²) in [6, 6.07) is 0.555. The second kappa shape index (κ2) is 4.04. The third-order valence-electron chi connectivity index (χ3n) is 3.07.